The summed E-state index contributed by atoms with van der Waals surface area (Å²) < 4.78 is 1.83. The van der Waals surface area contributed by atoms with Crippen molar-refractivity contribution in [1.29, 1.82) is 0 Å². The van der Waals surface area contributed by atoms with Crippen LogP contribution in [0.5, 0.6) is 0 Å². The molecule has 0 radical (unpaired) electrons. The van der Waals surface area contributed by atoms with Crippen molar-refractivity contribution in [2.24, 2.45) is 23.9 Å². The molecule has 0 saturated carbocycles. The average Bonchev–Trinajstić information content (AvgIpc) is 3.11. The number of nitrogens with one attached hydrogen (secondary N) is 1. The third-order valence-corrected chi connectivity index (χ3v) is 4.66. The van der Waals surface area contributed by atoms with E-state index in [1.54, 1.807) is 0 Å². The molecule has 1 aliphatic rings. The summed E-state index contributed by atoms with van der Waals surface area (Å²) in [5, 5.41) is 7.66. The second-order valence-corrected chi connectivity index (χ2v) is 5.99. The van der Waals surface area contributed by atoms with Crippen molar-refractivity contribution in [1.82, 2.24) is 20.0 Å². The van der Waals surface area contributed by atoms with Crippen LogP contribution in [0.3, 0.4) is 0 Å². The first-order valence-corrected chi connectivity index (χ1v) is 8.11. The third kappa shape index (κ3) is 4.86. The van der Waals surface area contributed by atoms with Crippen molar-refractivity contribution in [3.05, 3.63) is 18.0 Å². The maximum atomic E-state index is 4.44. The van der Waals surface area contributed by atoms with Gasteiger partial charge >= 0.3 is 0 Å². The predicted molar refractivity (Wildman–Crippen MR) is 103 cm³/mol. The van der Waals surface area contributed by atoms with Crippen LogP contribution >= 0.6 is 24.0 Å². The van der Waals surface area contributed by atoms with Gasteiger partial charge in [-0.15, -0.1) is 24.0 Å². The number of hydrogen-bond donors (Lipinski definition) is 1. The molecule has 126 valence electrons. The van der Waals surface area contributed by atoms with Crippen LogP contribution in [-0.4, -0.2) is 40.8 Å². The van der Waals surface area contributed by atoms with Crippen molar-refractivity contribution in [2.45, 2.75) is 39.7 Å². The fraction of sp³-hybridized carbons (Fsp3) is 0.750. The van der Waals surface area contributed by atoms with Gasteiger partial charge in [0, 0.05) is 45.5 Å². The molecule has 1 fully saturated rings. The standard InChI is InChI=1S/C16H29N5.HI/c1-5-14(6-2)15-7-8-21(12-15)16(17-3)18-9-13-10-19-20(4)11-13;/h10-11,14-15H,5-9,12H2,1-4H3,(H,17,18);1H. The van der Waals surface area contributed by atoms with E-state index in [0.717, 1.165) is 37.4 Å². The normalized spacial score (nSPS) is 18.7. The largest absolute Gasteiger partial charge is 0.352 e. The lowest BCUT2D eigenvalue weighted by molar-refractivity contribution is 0.319. The number of aromatic nitrogens is 2. The Hall–Kier alpha value is -0.790. The number of guanidine groups is 1. The zero-order valence-corrected chi connectivity index (χ0v) is 16.6. The van der Waals surface area contributed by atoms with Crippen LogP contribution in [0.1, 0.15) is 38.7 Å². The molecule has 2 rings (SSSR count). The number of halogens is 1. The molecule has 0 spiro atoms. The Morgan fingerprint density at radius 1 is 1.45 bits per heavy atom. The highest BCUT2D eigenvalue weighted by atomic mass is 127. The van der Waals surface area contributed by atoms with Gasteiger partial charge in [0.15, 0.2) is 5.96 Å². The summed E-state index contributed by atoms with van der Waals surface area (Å²) in [7, 11) is 3.81. The van der Waals surface area contributed by atoms with Gasteiger partial charge in [0.1, 0.15) is 0 Å². The molecule has 0 bridgehead atoms. The maximum Gasteiger partial charge on any atom is 0.193 e. The summed E-state index contributed by atoms with van der Waals surface area (Å²) in [6, 6.07) is 0. The molecule has 0 aromatic carbocycles. The second-order valence-electron chi connectivity index (χ2n) is 5.99. The van der Waals surface area contributed by atoms with Gasteiger partial charge in [-0.25, -0.2) is 0 Å². The Kier molecular flexibility index (Phi) is 8.20. The first kappa shape index (κ1) is 19.3. The van der Waals surface area contributed by atoms with E-state index in [-0.39, 0.29) is 24.0 Å². The first-order chi connectivity index (χ1) is 10.2. The molecule has 1 saturated heterocycles. The van der Waals surface area contributed by atoms with Gasteiger partial charge in [0.25, 0.3) is 0 Å². The lowest BCUT2D eigenvalue weighted by atomic mass is 9.87. The van der Waals surface area contributed by atoms with Crippen molar-refractivity contribution in [2.75, 3.05) is 20.1 Å². The lowest BCUT2D eigenvalue weighted by Gasteiger charge is -2.24. The summed E-state index contributed by atoms with van der Waals surface area (Å²) in [5.74, 6) is 2.69. The van der Waals surface area contributed by atoms with Gasteiger partial charge in [-0.3, -0.25) is 9.67 Å². The van der Waals surface area contributed by atoms with E-state index >= 15 is 0 Å². The zero-order chi connectivity index (χ0) is 15.2. The topological polar surface area (TPSA) is 45.4 Å². The zero-order valence-electron chi connectivity index (χ0n) is 14.2. The highest BCUT2D eigenvalue weighted by Gasteiger charge is 2.29. The Morgan fingerprint density at radius 3 is 2.73 bits per heavy atom. The van der Waals surface area contributed by atoms with E-state index in [0.29, 0.717) is 0 Å². The fourth-order valence-electron chi connectivity index (χ4n) is 3.40. The van der Waals surface area contributed by atoms with Crippen LogP contribution in [0.4, 0.5) is 0 Å². The maximum absolute atomic E-state index is 4.44. The summed E-state index contributed by atoms with van der Waals surface area (Å²) >= 11 is 0. The van der Waals surface area contributed by atoms with Crippen molar-refractivity contribution in [3.63, 3.8) is 0 Å². The minimum atomic E-state index is 0. The average molecular weight is 419 g/mol. The monoisotopic (exact) mass is 419 g/mol. The molecule has 1 aliphatic heterocycles. The number of likely N-dealkylation sites (tertiary alicyclic amines) is 1. The quantitative estimate of drug-likeness (QED) is 0.454. The van der Waals surface area contributed by atoms with E-state index in [2.05, 4.69) is 34.2 Å². The van der Waals surface area contributed by atoms with Gasteiger partial charge in [-0.2, -0.15) is 5.10 Å². The molecule has 0 amide bonds. The van der Waals surface area contributed by atoms with Crippen LogP contribution in [-0.2, 0) is 13.6 Å². The molecule has 2 heterocycles. The van der Waals surface area contributed by atoms with Crippen molar-refractivity contribution >= 4 is 29.9 Å². The van der Waals surface area contributed by atoms with Crippen molar-refractivity contribution in [3.8, 4) is 0 Å². The number of rotatable bonds is 5. The van der Waals surface area contributed by atoms with Crippen molar-refractivity contribution < 1.29 is 0 Å². The number of aryl methyl sites for hydroxylation is 1. The van der Waals surface area contributed by atoms with Crippen LogP contribution in [0, 0.1) is 11.8 Å². The molecule has 1 N–H and O–H groups in total. The van der Waals surface area contributed by atoms with Gasteiger partial charge < -0.3 is 10.2 Å². The molecule has 1 aromatic rings. The predicted octanol–water partition coefficient (Wildman–Crippen LogP) is 2.87. The molecule has 6 heteroatoms. The summed E-state index contributed by atoms with van der Waals surface area (Å²) in [5.41, 5.74) is 1.19. The smallest absolute Gasteiger partial charge is 0.193 e. The summed E-state index contributed by atoms with van der Waals surface area (Å²) in [4.78, 5) is 6.84. The Labute approximate surface area is 151 Å². The van der Waals surface area contributed by atoms with E-state index in [1.165, 1.54) is 24.8 Å². The summed E-state index contributed by atoms with van der Waals surface area (Å²) in [6.07, 6.45) is 7.81. The molecule has 1 unspecified atom stereocenters. The molecule has 5 nitrogen and oxygen atoms in total. The Balaban J connectivity index is 0.00000242. The van der Waals surface area contributed by atoms with Gasteiger partial charge in [-0.1, -0.05) is 26.7 Å². The lowest BCUT2D eigenvalue weighted by Crippen LogP contribution is -2.40. The van der Waals surface area contributed by atoms with Crippen LogP contribution < -0.4 is 5.32 Å². The van der Waals surface area contributed by atoms with Gasteiger partial charge in [-0.05, 0) is 18.3 Å². The van der Waals surface area contributed by atoms with E-state index in [9.17, 15) is 0 Å². The number of hydrogen-bond acceptors (Lipinski definition) is 2. The van der Waals surface area contributed by atoms with Crippen LogP contribution in [0.25, 0.3) is 0 Å². The van der Waals surface area contributed by atoms with Gasteiger partial charge in [0.05, 0.1) is 6.20 Å². The molecule has 0 aliphatic carbocycles. The molecule has 1 aromatic heterocycles. The fourth-order valence-corrected chi connectivity index (χ4v) is 3.40. The Bertz CT molecular complexity index is 467. The van der Waals surface area contributed by atoms with Gasteiger partial charge in [0.2, 0.25) is 0 Å². The highest BCUT2D eigenvalue weighted by molar-refractivity contribution is 14.0. The van der Waals surface area contributed by atoms with Crippen LogP contribution in [0.2, 0.25) is 0 Å². The third-order valence-electron chi connectivity index (χ3n) is 4.66. The Morgan fingerprint density at radius 2 is 2.18 bits per heavy atom. The number of nitrogens with zero attached hydrogens (tertiary/aromatic N) is 4. The molecular weight excluding hydrogens is 389 g/mol. The minimum Gasteiger partial charge on any atom is -0.352 e. The SMILES string of the molecule is CCC(CC)C1CCN(C(=NC)NCc2cnn(C)c2)C1.I. The van der Waals surface area contributed by atoms with E-state index in [4.69, 9.17) is 0 Å². The molecular formula is C16H30IN5. The van der Waals surface area contributed by atoms with E-state index in [1.807, 2.05) is 31.2 Å². The first-order valence-electron chi connectivity index (χ1n) is 8.11. The van der Waals surface area contributed by atoms with Crippen LogP contribution in [0.15, 0.2) is 17.4 Å². The summed E-state index contributed by atoms with van der Waals surface area (Å²) in [6.45, 7) is 7.66. The van der Waals surface area contributed by atoms with E-state index < -0.39 is 0 Å². The molecule has 1 atom stereocenters. The minimum absolute atomic E-state index is 0. The number of aliphatic imine (C=N–C) groups is 1. The molecule has 22 heavy (non-hydrogen) atoms. The highest BCUT2D eigenvalue weighted by Crippen LogP contribution is 2.28. The second kappa shape index (κ2) is 9.37.